The van der Waals surface area contributed by atoms with Crippen LogP contribution in [0.25, 0.3) is 0 Å². The largest absolute Gasteiger partial charge is 0.369 e. The Balaban J connectivity index is 1.99. The molecule has 2 unspecified atom stereocenters. The van der Waals surface area contributed by atoms with Crippen molar-refractivity contribution < 1.29 is 9.53 Å². The molecule has 21 heavy (non-hydrogen) atoms. The van der Waals surface area contributed by atoms with Crippen LogP contribution in [0.3, 0.4) is 0 Å². The Labute approximate surface area is 129 Å². The number of rotatable bonds is 10. The van der Waals surface area contributed by atoms with Gasteiger partial charge in [0.25, 0.3) is 0 Å². The zero-order valence-electron chi connectivity index (χ0n) is 13.5. The molecule has 118 valence electrons. The molecule has 3 nitrogen and oxygen atoms in total. The summed E-state index contributed by atoms with van der Waals surface area (Å²) >= 11 is 0. The standard InChI is InChI=1S/C18H29NO2/c1-4-16-17(21-16)12-10-8-6-5-7-9-11-13-18(20)19-14-15(2)3/h7-11,13,15-17H,4-6,12,14H2,1-3H3,(H,19,20)/b9-7+,10-8-,13-11+. The third-order valence-corrected chi connectivity index (χ3v) is 3.30. The predicted octanol–water partition coefficient (Wildman–Crippen LogP) is 3.77. The van der Waals surface area contributed by atoms with Gasteiger partial charge in [-0.1, -0.05) is 51.2 Å². The van der Waals surface area contributed by atoms with E-state index >= 15 is 0 Å². The molecule has 1 heterocycles. The molecule has 0 saturated carbocycles. The van der Waals surface area contributed by atoms with Crippen molar-refractivity contribution in [2.75, 3.05) is 6.54 Å². The number of unbranched alkanes of at least 4 members (excludes halogenated alkanes) is 1. The first kappa shape index (κ1) is 17.7. The molecule has 0 aliphatic carbocycles. The van der Waals surface area contributed by atoms with Gasteiger partial charge in [0.15, 0.2) is 0 Å². The topological polar surface area (TPSA) is 41.6 Å². The van der Waals surface area contributed by atoms with Crippen molar-refractivity contribution >= 4 is 5.91 Å². The molecule has 3 heteroatoms. The van der Waals surface area contributed by atoms with Gasteiger partial charge in [0.05, 0.1) is 12.2 Å². The van der Waals surface area contributed by atoms with Gasteiger partial charge in [-0.05, 0) is 31.6 Å². The van der Waals surface area contributed by atoms with Gasteiger partial charge in [0.1, 0.15) is 0 Å². The number of amides is 1. The zero-order chi connectivity index (χ0) is 15.5. The van der Waals surface area contributed by atoms with Crippen LogP contribution in [-0.4, -0.2) is 24.7 Å². The Morgan fingerprint density at radius 1 is 1.14 bits per heavy atom. The van der Waals surface area contributed by atoms with Crippen LogP contribution in [-0.2, 0) is 9.53 Å². The summed E-state index contributed by atoms with van der Waals surface area (Å²) in [6, 6.07) is 0. The number of hydrogen-bond acceptors (Lipinski definition) is 2. The summed E-state index contributed by atoms with van der Waals surface area (Å²) in [5, 5.41) is 2.84. The predicted molar refractivity (Wildman–Crippen MR) is 88.1 cm³/mol. The molecule has 0 bridgehead atoms. The minimum Gasteiger partial charge on any atom is -0.369 e. The summed E-state index contributed by atoms with van der Waals surface area (Å²) in [5.74, 6) is 0.460. The first-order chi connectivity index (χ1) is 10.1. The molecule has 1 aliphatic rings. The SMILES string of the molecule is CCC1OC1C/C=C\CC/C=C/C=C/C(=O)NCC(C)C. The second-order valence-electron chi connectivity index (χ2n) is 5.83. The first-order valence-electron chi connectivity index (χ1n) is 8.05. The molecule has 1 rings (SSSR count). The van der Waals surface area contributed by atoms with Crippen molar-refractivity contribution in [1.82, 2.24) is 5.32 Å². The molecule has 0 aromatic carbocycles. The van der Waals surface area contributed by atoms with Crippen LogP contribution in [0.2, 0.25) is 0 Å². The minimum absolute atomic E-state index is 0.0249. The lowest BCUT2D eigenvalue weighted by atomic mass is 10.2. The summed E-state index contributed by atoms with van der Waals surface area (Å²) in [6.45, 7) is 7.04. The number of nitrogens with one attached hydrogen (secondary N) is 1. The van der Waals surface area contributed by atoms with E-state index in [1.165, 1.54) is 0 Å². The van der Waals surface area contributed by atoms with Gasteiger partial charge in [-0.15, -0.1) is 0 Å². The van der Waals surface area contributed by atoms with Gasteiger partial charge >= 0.3 is 0 Å². The maximum atomic E-state index is 11.4. The maximum absolute atomic E-state index is 11.4. The second kappa shape index (κ2) is 10.4. The van der Waals surface area contributed by atoms with E-state index in [1.807, 2.05) is 6.08 Å². The highest BCUT2D eigenvalue weighted by molar-refractivity contribution is 5.87. The average Bonchev–Trinajstić information content (AvgIpc) is 3.22. The fourth-order valence-corrected chi connectivity index (χ4v) is 1.97. The summed E-state index contributed by atoms with van der Waals surface area (Å²) in [6.07, 6.45) is 17.0. The van der Waals surface area contributed by atoms with E-state index in [4.69, 9.17) is 4.74 Å². The third kappa shape index (κ3) is 9.24. The molecule has 0 spiro atoms. The molecule has 1 saturated heterocycles. The smallest absolute Gasteiger partial charge is 0.243 e. The van der Waals surface area contributed by atoms with E-state index in [-0.39, 0.29) is 5.91 Å². The number of allylic oxidation sites excluding steroid dienone is 4. The zero-order valence-corrected chi connectivity index (χ0v) is 13.5. The van der Waals surface area contributed by atoms with Crippen LogP contribution in [0, 0.1) is 5.92 Å². The van der Waals surface area contributed by atoms with Crippen LogP contribution in [0.15, 0.2) is 36.5 Å². The van der Waals surface area contributed by atoms with E-state index in [9.17, 15) is 4.79 Å². The fourth-order valence-electron chi connectivity index (χ4n) is 1.97. The highest BCUT2D eigenvalue weighted by Gasteiger charge is 2.35. The van der Waals surface area contributed by atoms with Crippen molar-refractivity contribution in [3.8, 4) is 0 Å². The van der Waals surface area contributed by atoms with Crippen molar-refractivity contribution in [3.05, 3.63) is 36.5 Å². The van der Waals surface area contributed by atoms with Gasteiger partial charge in [0.2, 0.25) is 5.91 Å². The van der Waals surface area contributed by atoms with Crippen LogP contribution in [0.1, 0.15) is 46.5 Å². The quantitative estimate of drug-likeness (QED) is 0.219. The highest BCUT2D eigenvalue weighted by atomic mass is 16.6. The average molecular weight is 291 g/mol. The summed E-state index contributed by atoms with van der Waals surface area (Å²) in [7, 11) is 0. The van der Waals surface area contributed by atoms with Crippen LogP contribution in [0.4, 0.5) is 0 Å². The molecule has 0 aromatic rings. The summed E-state index contributed by atoms with van der Waals surface area (Å²) in [4.78, 5) is 11.4. The number of hydrogen-bond donors (Lipinski definition) is 1. The Kier molecular flexibility index (Phi) is 8.76. The molecular formula is C18H29NO2. The first-order valence-corrected chi connectivity index (χ1v) is 8.05. The lowest BCUT2D eigenvalue weighted by Gasteiger charge is -2.03. The lowest BCUT2D eigenvalue weighted by Crippen LogP contribution is -2.25. The normalized spacial score (nSPS) is 21.9. The van der Waals surface area contributed by atoms with Gasteiger partial charge < -0.3 is 10.1 Å². The minimum atomic E-state index is -0.0249. The molecule has 1 amide bonds. The van der Waals surface area contributed by atoms with Crippen LogP contribution < -0.4 is 5.32 Å². The molecule has 0 aromatic heterocycles. The van der Waals surface area contributed by atoms with E-state index in [0.29, 0.717) is 18.1 Å². The van der Waals surface area contributed by atoms with Crippen LogP contribution in [0.5, 0.6) is 0 Å². The molecule has 1 aliphatic heterocycles. The van der Waals surface area contributed by atoms with E-state index in [2.05, 4.69) is 44.3 Å². The Hall–Kier alpha value is -1.35. The van der Waals surface area contributed by atoms with E-state index in [0.717, 1.165) is 32.2 Å². The van der Waals surface area contributed by atoms with E-state index < -0.39 is 0 Å². The molecule has 1 fully saturated rings. The number of ether oxygens (including phenoxy) is 1. The number of carbonyl (C=O) groups is 1. The van der Waals surface area contributed by atoms with Gasteiger partial charge in [-0.2, -0.15) is 0 Å². The number of carbonyl (C=O) groups excluding carboxylic acids is 1. The van der Waals surface area contributed by atoms with Gasteiger partial charge in [0, 0.05) is 12.6 Å². The van der Waals surface area contributed by atoms with E-state index in [1.54, 1.807) is 12.2 Å². The molecular weight excluding hydrogens is 262 g/mol. The molecule has 0 radical (unpaired) electrons. The second-order valence-corrected chi connectivity index (χ2v) is 5.83. The summed E-state index contributed by atoms with van der Waals surface area (Å²) in [5.41, 5.74) is 0. The van der Waals surface area contributed by atoms with Crippen molar-refractivity contribution in [2.45, 2.75) is 58.7 Å². The van der Waals surface area contributed by atoms with Crippen molar-refractivity contribution in [2.24, 2.45) is 5.92 Å². The highest BCUT2D eigenvalue weighted by Crippen LogP contribution is 2.28. The molecule has 1 N–H and O–H groups in total. The Bertz CT molecular complexity index is 383. The third-order valence-electron chi connectivity index (χ3n) is 3.30. The maximum Gasteiger partial charge on any atom is 0.243 e. The van der Waals surface area contributed by atoms with Crippen molar-refractivity contribution in [3.63, 3.8) is 0 Å². The van der Waals surface area contributed by atoms with Crippen LogP contribution >= 0.6 is 0 Å². The summed E-state index contributed by atoms with van der Waals surface area (Å²) < 4.78 is 5.47. The van der Waals surface area contributed by atoms with Gasteiger partial charge in [-0.3, -0.25) is 4.79 Å². The number of epoxide rings is 1. The monoisotopic (exact) mass is 291 g/mol. The van der Waals surface area contributed by atoms with Gasteiger partial charge in [-0.25, -0.2) is 0 Å². The molecule has 2 atom stereocenters. The lowest BCUT2D eigenvalue weighted by molar-refractivity contribution is -0.116. The van der Waals surface area contributed by atoms with Crippen molar-refractivity contribution in [1.29, 1.82) is 0 Å². The Morgan fingerprint density at radius 2 is 1.90 bits per heavy atom. The fraction of sp³-hybridized carbons (Fsp3) is 0.611. The Morgan fingerprint density at radius 3 is 2.57 bits per heavy atom.